The molecule has 0 heterocycles. The molecule has 13 heavy (non-hydrogen) atoms. The molecule has 0 spiro atoms. The van der Waals surface area contributed by atoms with E-state index in [4.69, 9.17) is 4.74 Å². The molecule has 0 aliphatic heterocycles. The summed E-state index contributed by atoms with van der Waals surface area (Å²) in [7, 11) is 0. The summed E-state index contributed by atoms with van der Waals surface area (Å²) >= 11 is 0.754. The Bertz CT molecular complexity index is 137. The van der Waals surface area contributed by atoms with E-state index in [9.17, 15) is 4.79 Å². The molecule has 2 nitrogen and oxygen atoms in total. The number of esters is 1. The molecule has 3 heteroatoms. The van der Waals surface area contributed by atoms with Crippen LogP contribution in [0.4, 0.5) is 0 Å². The van der Waals surface area contributed by atoms with Crippen LogP contribution < -0.4 is 0 Å². The van der Waals surface area contributed by atoms with Crippen LogP contribution in [0.5, 0.6) is 0 Å². The van der Waals surface area contributed by atoms with Gasteiger partial charge >= 0.3 is 87.2 Å². The average Bonchev–Trinajstić information content (AvgIpc) is 2.02. The summed E-state index contributed by atoms with van der Waals surface area (Å²) in [4.78, 5) is 10.6. The molecule has 0 bridgehead atoms. The first-order chi connectivity index (χ1) is 6.16. The molecule has 0 aliphatic rings. The van der Waals surface area contributed by atoms with Crippen LogP contribution in [0.15, 0.2) is 0 Å². The third-order valence-electron chi connectivity index (χ3n) is 1.68. The summed E-state index contributed by atoms with van der Waals surface area (Å²) in [6.45, 7) is 5.66. The zero-order valence-corrected chi connectivity index (χ0v) is 10.6. The van der Waals surface area contributed by atoms with Gasteiger partial charge in [-0.05, 0) is 0 Å². The summed E-state index contributed by atoms with van der Waals surface area (Å²) in [6.07, 6.45) is 3.79. The van der Waals surface area contributed by atoms with Crippen molar-refractivity contribution < 1.29 is 9.53 Å². The monoisotopic (exact) mass is 252 g/mol. The summed E-state index contributed by atoms with van der Waals surface area (Å²) in [5.41, 5.74) is 0. The van der Waals surface area contributed by atoms with E-state index in [1.807, 2.05) is 6.92 Å². The molecule has 0 aliphatic carbocycles. The van der Waals surface area contributed by atoms with E-state index in [1.165, 1.54) is 30.4 Å². The molecular formula is C10H20O2Se. The molecule has 0 aromatic rings. The van der Waals surface area contributed by atoms with Crippen molar-refractivity contribution in [1.29, 1.82) is 0 Å². The normalized spacial score (nSPS) is 12.5. The molecule has 1 atom stereocenters. The summed E-state index contributed by atoms with van der Waals surface area (Å²) in [6, 6.07) is 0. The standard InChI is InChI=1S/C10H20O2Se/c1-4-5-7-13-8-6-9(2)12-10(3)11/h9H,4-8H2,1-3H3/t9-/m1/s1. The van der Waals surface area contributed by atoms with Crippen molar-refractivity contribution in [3.05, 3.63) is 0 Å². The summed E-state index contributed by atoms with van der Waals surface area (Å²) in [5, 5.41) is 2.61. The molecule has 0 aromatic carbocycles. The Hall–Kier alpha value is -0.0105. The number of carbonyl (C=O) groups excluding carboxylic acids is 1. The second kappa shape index (κ2) is 8.58. The zero-order valence-electron chi connectivity index (χ0n) is 8.84. The first kappa shape index (κ1) is 13.0. The van der Waals surface area contributed by atoms with Crippen molar-refractivity contribution in [2.24, 2.45) is 0 Å². The first-order valence-corrected chi connectivity index (χ1v) is 7.34. The van der Waals surface area contributed by atoms with Gasteiger partial charge < -0.3 is 0 Å². The maximum absolute atomic E-state index is 10.6. The Balaban J connectivity index is 3.17. The van der Waals surface area contributed by atoms with Crippen molar-refractivity contribution in [3.8, 4) is 0 Å². The van der Waals surface area contributed by atoms with E-state index in [0.717, 1.165) is 21.4 Å². The summed E-state index contributed by atoms with van der Waals surface area (Å²) < 4.78 is 5.03. The van der Waals surface area contributed by atoms with Gasteiger partial charge in [0.05, 0.1) is 0 Å². The fraction of sp³-hybridized carbons (Fsp3) is 0.900. The van der Waals surface area contributed by atoms with E-state index in [0.29, 0.717) is 0 Å². The third kappa shape index (κ3) is 9.91. The van der Waals surface area contributed by atoms with Crippen molar-refractivity contribution >= 4 is 20.9 Å². The van der Waals surface area contributed by atoms with E-state index in [-0.39, 0.29) is 12.1 Å². The van der Waals surface area contributed by atoms with Crippen molar-refractivity contribution in [3.63, 3.8) is 0 Å². The molecule has 0 amide bonds. The van der Waals surface area contributed by atoms with Gasteiger partial charge in [-0.3, -0.25) is 0 Å². The number of hydrogen-bond donors (Lipinski definition) is 0. The van der Waals surface area contributed by atoms with Gasteiger partial charge in [-0.25, -0.2) is 0 Å². The van der Waals surface area contributed by atoms with E-state index >= 15 is 0 Å². The Morgan fingerprint density at radius 1 is 1.46 bits per heavy atom. The van der Waals surface area contributed by atoms with Crippen molar-refractivity contribution in [2.75, 3.05) is 0 Å². The van der Waals surface area contributed by atoms with Crippen molar-refractivity contribution in [2.45, 2.75) is 56.8 Å². The second-order valence-corrected chi connectivity index (χ2v) is 5.74. The predicted octanol–water partition coefficient (Wildman–Crippen LogP) is 2.67. The van der Waals surface area contributed by atoms with Gasteiger partial charge in [-0.15, -0.1) is 0 Å². The van der Waals surface area contributed by atoms with E-state index < -0.39 is 0 Å². The average molecular weight is 251 g/mol. The second-order valence-electron chi connectivity index (χ2n) is 3.17. The quantitative estimate of drug-likeness (QED) is 0.395. The van der Waals surface area contributed by atoms with Crippen LogP contribution in [-0.2, 0) is 9.53 Å². The molecule has 78 valence electrons. The summed E-state index contributed by atoms with van der Waals surface area (Å²) in [5.74, 6) is -0.159. The molecular weight excluding hydrogens is 231 g/mol. The molecule has 0 saturated carbocycles. The van der Waals surface area contributed by atoms with Crippen LogP contribution in [0.3, 0.4) is 0 Å². The molecule has 0 radical (unpaired) electrons. The minimum absolute atomic E-state index is 0.112. The molecule has 0 fully saturated rings. The number of carbonyl (C=O) groups is 1. The molecule has 0 N–H and O–H groups in total. The maximum atomic E-state index is 10.6. The van der Waals surface area contributed by atoms with Crippen LogP contribution >= 0.6 is 0 Å². The Kier molecular flexibility index (Phi) is 8.57. The van der Waals surface area contributed by atoms with E-state index in [1.54, 1.807) is 0 Å². The number of ether oxygens (including phenoxy) is 1. The molecule has 0 saturated heterocycles. The van der Waals surface area contributed by atoms with Gasteiger partial charge in [0.1, 0.15) is 0 Å². The van der Waals surface area contributed by atoms with Gasteiger partial charge in [-0.2, -0.15) is 0 Å². The predicted molar refractivity (Wildman–Crippen MR) is 56.1 cm³/mol. The SMILES string of the molecule is CCCC[Se]CC[C@@H](C)OC(C)=O. The van der Waals surface area contributed by atoms with Crippen LogP contribution in [0.2, 0.25) is 10.6 Å². The Morgan fingerprint density at radius 2 is 2.15 bits per heavy atom. The Labute approximate surface area is 87.6 Å². The number of hydrogen-bond acceptors (Lipinski definition) is 2. The third-order valence-corrected chi connectivity index (χ3v) is 3.99. The fourth-order valence-electron chi connectivity index (χ4n) is 0.940. The van der Waals surface area contributed by atoms with Crippen LogP contribution in [0.1, 0.15) is 40.0 Å². The van der Waals surface area contributed by atoms with Gasteiger partial charge in [0.15, 0.2) is 0 Å². The van der Waals surface area contributed by atoms with Gasteiger partial charge in [-0.1, -0.05) is 0 Å². The van der Waals surface area contributed by atoms with Crippen LogP contribution in [-0.4, -0.2) is 27.0 Å². The van der Waals surface area contributed by atoms with Crippen LogP contribution in [0.25, 0.3) is 0 Å². The van der Waals surface area contributed by atoms with Crippen molar-refractivity contribution in [1.82, 2.24) is 0 Å². The van der Waals surface area contributed by atoms with Gasteiger partial charge in [0.2, 0.25) is 0 Å². The van der Waals surface area contributed by atoms with Crippen LogP contribution in [0, 0.1) is 0 Å². The minimum atomic E-state index is -0.159. The van der Waals surface area contributed by atoms with E-state index in [2.05, 4.69) is 6.92 Å². The molecule has 0 unspecified atom stereocenters. The Morgan fingerprint density at radius 3 is 2.69 bits per heavy atom. The van der Waals surface area contributed by atoms with Gasteiger partial charge in [0, 0.05) is 0 Å². The number of rotatable bonds is 7. The fourth-order valence-corrected chi connectivity index (χ4v) is 3.45. The molecule has 0 rings (SSSR count). The topological polar surface area (TPSA) is 26.3 Å². The number of unbranched alkanes of at least 4 members (excludes halogenated alkanes) is 1. The zero-order chi connectivity index (χ0) is 10.1. The van der Waals surface area contributed by atoms with Gasteiger partial charge in [0.25, 0.3) is 0 Å². The first-order valence-electron chi connectivity index (χ1n) is 4.91. The molecule has 0 aromatic heterocycles.